The first-order valence-electron chi connectivity index (χ1n) is 12.5. The number of nitrogens with one attached hydrogen (secondary N) is 1. The van der Waals surface area contributed by atoms with E-state index in [-0.39, 0.29) is 36.3 Å². The van der Waals surface area contributed by atoms with Crippen molar-refractivity contribution in [2.75, 3.05) is 31.6 Å². The largest absolute Gasteiger partial charge is 0.395 e. The molecule has 0 unspecified atom stereocenters. The Kier molecular flexibility index (Phi) is 7.31. The lowest BCUT2D eigenvalue weighted by Crippen LogP contribution is -2.68. The topological polar surface area (TPSA) is 55.8 Å². The van der Waals surface area contributed by atoms with Crippen LogP contribution in [0.3, 0.4) is 0 Å². The van der Waals surface area contributed by atoms with Crippen molar-refractivity contribution in [1.82, 2.24) is 9.80 Å². The van der Waals surface area contributed by atoms with E-state index in [4.69, 9.17) is 0 Å². The maximum absolute atomic E-state index is 14.1. The third-order valence-corrected chi connectivity index (χ3v) is 7.19. The zero-order valence-corrected chi connectivity index (χ0v) is 20.1. The van der Waals surface area contributed by atoms with Crippen molar-refractivity contribution in [2.24, 2.45) is 0 Å². The number of rotatable bonds is 3. The van der Waals surface area contributed by atoms with Crippen molar-refractivity contribution >= 4 is 11.7 Å². The van der Waals surface area contributed by atoms with E-state index < -0.39 is 5.82 Å². The van der Waals surface area contributed by atoms with Crippen LogP contribution in [0.2, 0.25) is 0 Å². The van der Waals surface area contributed by atoms with Crippen LogP contribution in [0, 0.1) is 17.7 Å². The van der Waals surface area contributed by atoms with Crippen LogP contribution in [-0.4, -0.2) is 59.3 Å². The third kappa shape index (κ3) is 5.13. The zero-order valence-electron chi connectivity index (χ0n) is 20.1. The fourth-order valence-corrected chi connectivity index (χ4v) is 5.34. The number of nitrogens with zero attached hydrogens (tertiary/aromatic N) is 2. The van der Waals surface area contributed by atoms with E-state index in [2.05, 4.69) is 34.2 Å². The van der Waals surface area contributed by atoms with Crippen molar-refractivity contribution in [3.63, 3.8) is 0 Å². The van der Waals surface area contributed by atoms with Crippen LogP contribution in [0.5, 0.6) is 0 Å². The van der Waals surface area contributed by atoms with Gasteiger partial charge in [0.05, 0.1) is 12.3 Å². The van der Waals surface area contributed by atoms with Gasteiger partial charge in [0, 0.05) is 42.2 Å². The van der Waals surface area contributed by atoms with Crippen LogP contribution in [0.25, 0.3) is 0 Å². The summed E-state index contributed by atoms with van der Waals surface area (Å²) in [5.41, 5.74) is 3.23. The minimum absolute atomic E-state index is 0.0193. The normalized spacial score (nSPS) is 21.7. The van der Waals surface area contributed by atoms with Gasteiger partial charge in [-0.1, -0.05) is 54.3 Å². The molecule has 2 fully saturated rings. The summed E-state index contributed by atoms with van der Waals surface area (Å²) in [6.45, 7) is 2.11. The summed E-state index contributed by atoms with van der Waals surface area (Å²) in [6, 6.07) is 24.1. The van der Waals surface area contributed by atoms with Gasteiger partial charge in [-0.25, -0.2) is 9.18 Å². The van der Waals surface area contributed by atoms with Gasteiger partial charge in [0.1, 0.15) is 5.82 Å². The number of hydrogen-bond donors (Lipinski definition) is 2. The Hall–Kier alpha value is -3.66. The fraction of sp³-hybridized carbons (Fsp3) is 0.300. The van der Waals surface area contributed by atoms with Gasteiger partial charge in [-0.3, -0.25) is 4.90 Å². The van der Waals surface area contributed by atoms with Crippen molar-refractivity contribution in [3.8, 4) is 11.8 Å². The quantitative estimate of drug-likeness (QED) is 0.532. The minimum Gasteiger partial charge on any atom is -0.395 e. The number of aliphatic hydroxyl groups is 1. The second-order valence-corrected chi connectivity index (χ2v) is 9.38. The van der Waals surface area contributed by atoms with Crippen molar-refractivity contribution in [1.29, 1.82) is 0 Å². The van der Waals surface area contributed by atoms with Gasteiger partial charge in [-0.15, -0.1) is 0 Å². The Labute approximate surface area is 211 Å². The molecule has 36 heavy (non-hydrogen) atoms. The zero-order chi connectivity index (χ0) is 24.9. The average molecular weight is 484 g/mol. The molecule has 0 spiro atoms. The molecule has 2 amide bonds. The van der Waals surface area contributed by atoms with E-state index in [1.54, 1.807) is 23.1 Å². The van der Waals surface area contributed by atoms with Gasteiger partial charge in [-0.05, 0) is 61.3 Å². The van der Waals surface area contributed by atoms with Crippen LogP contribution < -0.4 is 5.32 Å². The highest BCUT2D eigenvalue weighted by atomic mass is 19.1. The van der Waals surface area contributed by atoms with Gasteiger partial charge in [0.2, 0.25) is 0 Å². The van der Waals surface area contributed by atoms with Crippen molar-refractivity contribution in [2.45, 2.75) is 30.8 Å². The Bertz CT molecular complexity index is 1250. The molecule has 2 aliphatic rings. The van der Waals surface area contributed by atoms with Gasteiger partial charge < -0.3 is 15.3 Å². The molecule has 2 heterocycles. The summed E-state index contributed by atoms with van der Waals surface area (Å²) in [7, 11) is 0. The first-order chi connectivity index (χ1) is 17.6. The molecule has 3 atom stereocenters. The molecular formula is C30H30FN3O2. The number of anilines is 1. The summed E-state index contributed by atoms with van der Waals surface area (Å²) < 4.78 is 14.1. The van der Waals surface area contributed by atoms with Gasteiger partial charge in [0.15, 0.2) is 0 Å². The average Bonchev–Trinajstić information content (AvgIpc) is 2.89. The standard InChI is InChI=1S/C30H30FN3O2/c31-25-10-4-5-11-26(25)32-30(36)33-18-6-7-19-34-27(20-33)29(28(34)21-35)24-16-14-23(15-17-24)13-12-22-8-2-1-3-9-22/h1-5,8-11,14-17,27-29,35H,6-7,18-21H2,(H,32,36)/t27-,28-,29+/m0/s1. The number of carbonyl (C=O) groups excluding carboxylic acids is 1. The van der Waals surface area contributed by atoms with Gasteiger partial charge in [-0.2, -0.15) is 0 Å². The molecule has 0 saturated carbocycles. The second kappa shape index (κ2) is 10.9. The number of para-hydroxylation sites is 1. The van der Waals surface area contributed by atoms with Crippen LogP contribution in [0.4, 0.5) is 14.9 Å². The molecule has 2 saturated heterocycles. The lowest BCUT2D eigenvalue weighted by molar-refractivity contribution is -0.0585. The summed E-state index contributed by atoms with van der Waals surface area (Å²) in [5.74, 6) is 6.05. The summed E-state index contributed by atoms with van der Waals surface area (Å²) in [6.07, 6.45) is 1.81. The molecule has 6 heteroatoms. The Morgan fingerprint density at radius 2 is 1.58 bits per heavy atom. The molecule has 184 valence electrons. The van der Waals surface area contributed by atoms with Crippen molar-refractivity contribution < 1.29 is 14.3 Å². The van der Waals surface area contributed by atoms with Crippen LogP contribution in [0.15, 0.2) is 78.9 Å². The van der Waals surface area contributed by atoms with Crippen LogP contribution in [-0.2, 0) is 0 Å². The van der Waals surface area contributed by atoms with Crippen LogP contribution in [0.1, 0.15) is 35.4 Å². The SMILES string of the molecule is O=C(Nc1ccccc1F)N1CCCCN2[C@@H](CO)[C@H](c3ccc(C#Cc4ccccc4)cc3)[C@@H]2C1. The lowest BCUT2D eigenvalue weighted by Gasteiger charge is -2.57. The number of amides is 2. The highest BCUT2D eigenvalue weighted by Crippen LogP contribution is 2.42. The Morgan fingerprint density at radius 1 is 0.917 bits per heavy atom. The monoisotopic (exact) mass is 483 g/mol. The number of hydrogen-bond acceptors (Lipinski definition) is 3. The van der Waals surface area contributed by atoms with E-state index in [0.29, 0.717) is 13.1 Å². The molecule has 3 aromatic rings. The molecule has 0 aliphatic carbocycles. The molecular weight excluding hydrogens is 453 g/mol. The number of carbonyl (C=O) groups is 1. The maximum Gasteiger partial charge on any atom is 0.321 e. The third-order valence-electron chi connectivity index (χ3n) is 7.19. The van der Waals surface area contributed by atoms with E-state index in [0.717, 1.165) is 36.1 Å². The smallest absolute Gasteiger partial charge is 0.321 e. The number of benzene rings is 3. The van der Waals surface area contributed by atoms with Crippen LogP contribution >= 0.6 is 0 Å². The van der Waals surface area contributed by atoms with E-state index in [1.165, 1.54) is 6.07 Å². The number of halogens is 1. The second-order valence-electron chi connectivity index (χ2n) is 9.38. The number of urea groups is 1. The first-order valence-corrected chi connectivity index (χ1v) is 12.5. The molecule has 5 nitrogen and oxygen atoms in total. The predicted octanol–water partition coefficient (Wildman–Crippen LogP) is 4.68. The molecule has 2 aliphatic heterocycles. The maximum atomic E-state index is 14.1. The lowest BCUT2D eigenvalue weighted by atomic mass is 9.74. The number of fused-ring (bicyclic) bond motifs is 1. The Balaban J connectivity index is 1.32. The highest BCUT2D eigenvalue weighted by Gasteiger charge is 2.49. The fourth-order valence-electron chi connectivity index (χ4n) is 5.34. The predicted molar refractivity (Wildman–Crippen MR) is 139 cm³/mol. The van der Waals surface area contributed by atoms with E-state index in [9.17, 15) is 14.3 Å². The molecule has 0 bridgehead atoms. The van der Waals surface area contributed by atoms with Gasteiger partial charge >= 0.3 is 6.03 Å². The van der Waals surface area contributed by atoms with E-state index in [1.807, 2.05) is 42.5 Å². The first kappa shape index (κ1) is 24.1. The summed E-state index contributed by atoms with van der Waals surface area (Å²) >= 11 is 0. The van der Waals surface area contributed by atoms with Crippen molar-refractivity contribution in [3.05, 3.63) is 101 Å². The molecule has 3 aromatic carbocycles. The molecule has 0 radical (unpaired) electrons. The number of aliphatic hydroxyl groups excluding tert-OH is 1. The summed E-state index contributed by atoms with van der Waals surface area (Å²) in [4.78, 5) is 17.2. The molecule has 0 aromatic heterocycles. The highest BCUT2D eigenvalue weighted by molar-refractivity contribution is 5.89. The summed E-state index contributed by atoms with van der Waals surface area (Å²) in [5, 5.41) is 12.9. The molecule has 5 rings (SSSR count). The Morgan fingerprint density at radius 3 is 2.31 bits per heavy atom. The molecule has 2 N–H and O–H groups in total. The van der Waals surface area contributed by atoms with E-state index >= 15 is 0 Å². The minimum atomic E-state index is -0.447. The van der Waals surface area contributed by atoms with Gasteiger partial charge in [0.25, 0.3) is 0 Å².